The molecule has 0 aliphatic heterocycles. The van der Waals surface area contributed by atoms with Gasteiger partial charge in [-0.15, -0.1) is 0 Å². The van der Waals surface area contributed by atoms with Crippen LogP contribution in [0, 0.1) is 6.92 Å². The second-order valence-electron chi connectivity index (χ2n) is 7.29. The highest BCUT2D eigenvalue weighted by atomic mass is 79.9. The molecule has 0 atom stereocenters. The van der Waals surface area contributed by atoms with Crippen molar-refractivity contribution in [2.75, 3.05) is 19.1 Å². The SMILES string of the molecule is COc1ccc(C(=O)N(C)c2ccc(Cl)c(COc3cccn4c(Br)c(C)nc34)c2Cl)cc1. The average molecular weight is 549 g/mol. The summed E-state index contributed by atoms with van der Waals surface area (Å²) in [7, 11) is 3.24. The molecule has 6 nitrogen and oxygen atoms in total. The van der Waals surface area contributed by atoms with Gasteiger partial charge in [-0.05, 0) is 71.4 Å². The number of anilines is 1. The fourth-order valence-corrected chi connectivity index (χ4v) is 4.38. The number of carbonyl (C=O) groups is 1. The van der Waals surface area contributed by atoms with E-state index in [0.29, 0.717) is 44.0 Å². The fraction of sp³-hybridized carbons (Fsp3) is 0.167. The first-order valence-electron chi connectivity index (χ1n) is 9.96. The lowest BCUT2D eigenvalue weighted by Crippen LogP contribution is -2.26. The predicted molar refractivity (Wildman–Crippen MR) is 134 cm³/mol. The van der Waals surface area contributed by atoms with Crippen molar-refractivity contribution in [2.24, 2.45) is 0 Å². The summed E-state index contributed by atoms with van der Waals surface area (Å²) in [6, 6.07) is 14.0. The number of benzene rings is 2. The van der Waals surface area contributed by atoms with E-state index in [1.54, 1.807) is 50.6 Å². The quantitative estimate of drug-likeness (QED) is 0.273. The molecule has 33 heavy (non-hydrogen) atoms. The molecule has 4 rings (SSSR count). The number of ether oxygens (including phenoxy) is 2. The highest BCUT2D eigenvalue weighted by Gasteiger charge is 2.20. The molecule has 0 saturated carbocycles. The number of hydrogen-bond acceptors (Lipinski definition) is 4. The van der Waals surface area contributed by atoms with Crippen LogP contribution in [0.2, 0.25) is 10.0 Å². The van der Waals surface area contributed by atoms with Gasteiger partial charge < -0.3 is 14.4 Å². The molecule has 0 fully saturated rings. The van der Waals surface area contributed by atoms with E-state index < -0.39 is 0 Å². The number of aryl methyl sites for hydroxylation is 1. The van der Waals surface area contributed by atoms with E-state index in [0.717, 1.165) is 10.3 Å². The van der Waals surface area contributed by atoms with E-state index in [2.05, 4.69) is 20.9 Å². The molecule has 9 heteroatoms. The van der Waals surface area contributed by atoms with Crippen molar-refractivity contribution in [3.8, 4) is 11.5 Å². The number of imidazole rings is 1. The van der Waals surface area contributed by atoms with Crippen LogP contribution in [0.5, 0.6) is 11.5 Å². The Morgan fingerprint density at radius 1 is 1.15 bits per heavy atom. The Bertz CT molecular complexity index is 1340. The van der Waals surface area contributed by atoms with Crippen molar-refractivity contribution in [2.45, 2.75) is 13.5 Å². The van der Waals surface area contributed by atoms with Gasteiger partial charge in [-0.1, -0.05) is 23.2 Å². The molecule has 4 aromatic rings. The molecule has 0 spiro atoms. The minimum atomic E-state index is -0.212. The van der Waals surface area contributed by atoms with Crippen molar-refractivity contribution >= 4 is 56.4 Å². The van der Waals surface area contributed by atoms with E-state index in [-0.39, 0.29) is 12.5 Å². The minimum absolute atomic E-state index is 0.110. The van der Waals surface area contributed by atoms with Gasteiger partial charge in [0, 0.05) is 29.4 Å². The average Bonchev–Trinajstić information content (AvgIpc) is 3.12. The lowest BCUT2D eigenvalue weighted by Gasteiger charge is -2.21. The third-order valence-electron chi connectivity index (χ3n) is 5.26. The molecule has 2 aromatic carbocycles. The Kier molecular flexibility index (Phi) is 6.83. The largest absolute Gasteiger partial charge is 0.497 e. The number of carbonyl (C=O) groups excluding carboxylic acids is 1. The molecule has 170 valence electrons. The first-order valence-corrected chi connectivity index (χ1v) is 11.5. The van der Waals surface area contributed by atoms with Crippen LogP contribution in [0.25, 0.3) is 5.65 Å². The number of amides is 1. The number of rotatable bonds is 6. The zero-order chi connectivity index (χ0) is 23.7. The molecular weight excluding hydrogens is 529 g/mol. The summed E-state index contributed by atoms with van der Waals surface area (Å²) in [5.41, 5.74) is 3.14. The third kappa shape index (κ3) is 4.53. The predicted octanol–water partition coefficient (Wildman–Crippen LogP) is 6.58. The van der Waals surface area contributed by atoms with Crippen LogP contribution in [0.1, 0.15) is 21.6 Å². The van der Waals surface area contributed by atoms with Gasteiger partial charge in [-0.25, -0.2) is 4.98 Å². The Balaban J connectivity index is 1.60. The molecule has 0 saturated heterocycles. The summed E-state index contributed by atoms with van der Waals surface area (Å²) in [5, 5.41) is 0.793. The van der Waals surface area contributed by atoms with Crippen LogP contribution in [-0.4, -0.2) is 29.4 Å². The maximum absolute atomic E-state index is 13.0. The maximum Gasteiger partial charge on any atom is 0.258 e. The van der Waals surface area contributed by atoms with E-state index in [1.165, 1.54) is 4.90 Å². The number of halogens is 3. The zero-order valence-electron chi connectivity index (χ0n) is 18.1. The summed E-state index contributed by atoms with van der Waals surface area (Å²) in [4.78, 5) is 19.0. The van der Waals surface area contributed by atoms with Gasteiger partial charge in [0.25, 0.3) is 5.91 Å². The standard InChI is InChI=1S/C24H20BrCl2N3O3/c1-14-22(25)30-12-4-5-20(23(30)28-14)33-13-17-18(26)10-11-19(21(17)27)29(2)24(31)15-6-8-16(32-3)9-7-15/h4-12H,13H2,1-3H3. The van der Waals surface area contributed by atoms with Crippen molar-refractivity contribution in [3.63, 3.8) is 0 Å². The van der Waals surface area contributed by atoms with Gasteiger partial charge in [0.1, 0.15) is 17.0 Å². The monoisotopic (exact) mass is 547 g/mol. The first kappa shape index (κ1) is 23.4. The number of methoxy groups -OCH3 is 1. The minimum Gasteiger partial charge on any atom is -0.497 e. The molecule has 0 aliphatic rings. The number of nitrogens with zero attached hydrogens (tertiary/aromatic N) is 3. The summed E-state index contributed by atoms with van der Waals surface area (Å²) in [6.45, 7) is 2.02. The number of pyridine rings is 1. The van der Waals surface area contributed by atoms with Crippen molar-refractivity contribution < 1.29 is 14.3 Å². The molecule has 0 bridgehead atoms. The molecule has 1 amide bonds. The van der Waals surface area contributed by atoms with Crippen LogP contribution >= 0.6 is 39.1 Å². The summed E-state index contributed by atoms with van der Waals surface area (Å²) in [6.07, 6.45) is 1.90. The second kappa shape index (κ2) is 9.63. The number of hydrogen-bond donors (Lipinski definition) is 0. The molecule has 2 heterocycles. The lowest BCUT2D eigenvalue weighted by molar-refractivity contribution is 0.0993. The van der Waals surface area contributed by atoms with Crippen LogP contribution in [0.3, 0.4) is 0 Å². The topological polar surface area (TPSA) is 56.1 Å². The number of aromatic nitrogens is 2. The van der Waals surface area contributed by atoms with E-state index in [9.17, 15) is 4.79 Å². The van der Waals surface area contributed by atoms with Crippen LogP contribution in [-0.2, 0) is 6.61 Å². The van der Waals surface area contributed by atoms with E-state index in [4.69, 9.17) is 32.7 Å². The van der Waals surface area contributed by atoms with Gasteiger partial charge >= 0.3 is 0 Å². The van der Waals surface area contributed by atoms with Gasteiger partial charge in [0.05, 0.1) is 23.5 Å². The highest BCUT2D eigenvalue weighted by Crippen LogP contribution is 2.36. The number of fused-ring (bicyclic) bond motifs is 1. The van der Waals surface area contributed by atoms with E-state index >= 15 is 0 Å². The lowest BCUT2D eigenvalue weighted by atomic mass is 10.1. The molecular formula is C24H20BrCl2N3O3. The van der Waals surface area contributed by atoms with Gasteiger partial charge in [-0.2, -0.15) is 0 Å². The van der Waals surface area contributed by atoms with Crippen molar-refractivity contribution in [3.05, 3.63) is 86.2 Å². The highest BCUT2D eigenvalue weighted by molar-refractivity contribution is 9.10. The summed E-state index contributed by atoms with van der Waals surface area (Å²) in [5.74, 6) is 1.05. The van der Waals surface area contributed by atoms with Gasteiger partial charge in [-0.3, -0.25) is 9.20 Å². The Hall–Kier alpha value is -2.74. The third-order valence-corrected chi connectivity index (χ3v) is 6.99. The van der Waals surface area contributed by atoms with Crippen LogP contribution in [0.4, 0.5) is 5.69 Å². The smallest absolute Gasteiger partial charge is 0.258 e. The first-order chi connectivity index (χ1) is 15.8. The summed E-state index contributed by atoms with van der Waals surface area (Å²) >= 11 is 16.7. The molecule has 0 unspecified atom stereocenters. The van der Waals surface area contributed by atoms with Crippen LogP contribution in [0.15, 0.2) is 59.3 Å². The van der Waals surface area contributed by atoms with E-state index in [1.807, 2.05) is 29.7 Å². The fourth-order valence-electron chi connectivity index (χ4n) is 3.40. The second-order valence-corrected chi connectivity index (χ2v) is 8.83. The molecule has 0 aliphatic carbocycles. The molecule has 0 N–H and O–H groups in total. The summed E-state index contributed by atoms with van der Waals surface area (Å²) < 4.78 is 14.0. The molecule has 2 aromatic heterocycles. The zero-order valence-corrected chi connectivity index (χ0v) is 21.2. The Labute approximate surface area is 209 Å². The Morgan fingerprint density at radius 2 is 1.88 bits per heavy atom. The van der Waals surface area contributed by atoms with Crippen molar-refractivity contribution in [1.29, 1.82) is 0 Å². The van der Waals surface area contributed by atoms with Crippen molar-refractivity contribution in [1.82, 2.24) is 9.38 Å². The maximum atomic E-state index is 13.0. The van der Waals surface area contributed by atoms with Gasteiger partial charge in [0.15, 0.2) is 11.4 Å². The van der Waals surface area contributed by atoms with Crippen LogP contribution < -0.4 is 14.4 Å². The van der Waals surface area contributed by atoms with Gasteiger partial charge in [0.2, 0.25) is 0 Å². The Morgan fingerprint density at radius 3 is 2.58 bits per heavy atom. The molecule has 0 radical (unpaired) electrons. The normalized spacial score (nSPS) is 11.0.